The van der Waals surface area contributed by atoms with E-state index in [1.807, 2.05) is 42.5 Å². The Morgan fingerprint density at radius 3 is 2.32 bits per heavy atom. The zero-order chi connectivity index (χ0) is 15.2. The summed E-state index contributed by atoms with van der Waals surface area (Å²) in [5.41, 5.74) is 3.59. The summed E-state index contributed by atoms with van der Waals surface area (Å²) in [7, 11) is 0. The molecular formula is C19H16FNO. The van der Waals surface area contributed by atoms with Crippen molar-refractivity contribution in [2.75, 3.05) is 0 Å². The Kier molecular flexibility index (Phi) is 4.56. The van der Waals surface area contributed by atoms with Gasteiger partial charge in [0.05, 0.1) is 13.2 Å². The minimum absolute atomic E-state index is 0.205. The highest BCUT2D eigenvalue weighted by molar-refractivity contribution is 5.64. The third-order valence-corrected chi connectivity index (χ3v) is 3.40. The molecule has 22 heavy (non-hydrogen) atoms. The van der Waals surface area contributed by atoms with Gasteiger partial charge in [-0.3, -0.25) is 4.98 Å². The quantitative estimate of drug-likeness (QED) is 0.685. The molecule has 0 amide bonds. The van der Waals surface area contributed by atoms with E-state index in [2.05, 4.69) is 4.98 Å². The maximum atomic E-state index is 13.7. The molecule has 3 heteroatoms. The van der Waals surface area contributed by atoms with Crippen molar-refractivity contribution in [3.8, 4) is 11.1 Å². The Morgan fingerprint density at radius 1 is 0.818 bits per heavy atom. The molecule has 0 aliphatic carbocycles. The predicted molar refractivity (Wildman–Crippen MR) is 84.6 cm³/mol. The van der Waals surface area contributed by atoms with Crippen molar-refractivity contribution in [1.82, 2.24) is 4.98 Å². The van der Waals surface area contributed by atoms with Crippen molar-refractivity contribution < 1.29 is 9.13 Å². The van der Waals surface area contributed by atoms with Gasteiger partial charge in [-0.1, -0.05) is 48.5 Å². The van der Waals surface area contributed by atoms with Gasteiger partial charge >= 0.3 is 0 Å². The normalized spacial score (nSPS) is 10.6. The SMILES string of the molecule is Fc1ccccc1-c1ccc(COCc2cccnc2)cc1. The summed E-state index contributed by atoms with van der Waals surface area (Å²) in [5.74, 6) is -0.205. The van der Waals surface area contributed by atoms with E-state index >= 15 is 0 Å². The fourth-order valence-electron chi connectivity index (χ4n) is 2.25. The molecular weight excluding hydrogens is 277 g/mol. The summed E-state index contributed by atoms with van der Waals surface area (Å²) in [4.78, 5) is 4.05. The molecule has 3 rings (SSSR count). The zero-order valence-corrected chi connectivity index (χ0v) is 12.1. The number of hydrogen-bond acceptors (Lipinski definition) is 2. The number of rotatable bonds is 5. The van der Waals surface area contributed by atoms with Gasteiger partial charge < -0.3 is 4.74 Å². The summed E-state index contributed by atoms with van der Waals surface area (Å²) >= 11 is 0. The largest absolute Gasteiger partial charge is 0.372 e. The Hall–Kier alpha value is -2.52. The molecule has 1 aromatic heterocycles. The van der Waals surface area contributed by atoms with Gasteiger partial charge in [0.1, 0.15) is 5.82 Å². The van der Waals surface area contributed by atoms with Crippen LogP contribution in [0.2, 0.25) is 0 Å². The van der Waals surface area contributed by atoms with Crippen LogP contribution in [0.25, 0.3) is 11.1 Å². The lowest BCUT2D eigenvalue weighted by atomic mass is 10.0. The number of benzene rings is 2. The van der Waals surface area contributed by atoms with E-state index in [0.717, 1.165) is 16.7 Å². The van der Waals surface area contributed by atoms with E-state index in [1.165, 1.54) is 6.07 Å². The molecule has 0 N–H and O–H groups in total. The van der Waals surface area contributed by atoms with Gasteiger partial charge in [-0.25, -0.2) is 4.39 Å². The molecule has 0 saturated carbocycles. The fraction of sp³-hybridized carbons (Fsp3) is 0.105. The van der Waals surface area contributed by atoms with Crippen LogP contribution in [0.1, 0.15) is 11.1 Å². The van der Waals surface area contributed by atoms with Gasteiger partial charge in [-0.15, -0.1) is 0 Å². The van der Waals surface area contributed by atoms with Crippen LogP contribution in [-0.4, -0.2) is 4.98 Å². The van der Waals surface area contributed by atoms with Gasteiger partial charge in [0.2, 0.25) is 0 Å². The molecule has 0 aliphatic rings. The molecule has 0 aliphatic heterocycles. The lowest BCUT2D eigenvalue weighted by Gasteiger charge is -2.07. The molecule has 0 saturated heterocycles. The first-order valence-corrected chi connectivity index (χ1v) is 7.13. The molecule has 110 valence electrons. The molecule has 0 radical (unpaired) electrons. The van der Waals surface area contributed by atoms with Crippen LogP contribution in [0.5, 0.6) is 0 Å². The first-order chi connectivity index (χ1) is 10.8. The van der Waals surface area contributed by atoms with Gasteiger partial charge in [-0.05, 0) is 28.8 Å². The monoisotopic (exact) mass is 293 g/mol. The summed E-state index contributed by atoms with van der Waals surface area (Å²) in [6.07, 6.45) is 3.53. The molecule has 3 aromatic rings. The van der Waals surface area contributed by atoms with Crippen LogP contribution < -0.4 is 0 Å². The minimum atomic E-state index is -0.205. The molecule has 0 atom stereocenters. The number of hydrogen-bond donors (Lipinski definition) is 0. The molecule has 0 fully saturated rings. The number of ether oxygens (including phenoxy) is 1. The number of halogens is 1. The Balaban J connectivity index is 1.61. The minimum Gasteiger partial charge on any atom is -0.372 e. The maximum Gasteiger partial charge on any atom is 0.131 e. The van der Waals surface area contributed by atoms with E-state index in [1.54, 1.807) is 24.5 Å². The highest BCUT2D eigenvalue weighted by Gasteiger charge is 2.03. The number of pyridine rings is 1. The lowest BCUT2D eigenvalue weighted by Crippen LogP contribution is -1.94. The van der Waals surface area contributed by atoms with E-state index in [0.29, 0.717) is 18.8 Å². The molecule has 1 heterocycles. The van der Waals surface area contributed by atoms with E-state index < -0.39 is 0 Å². The van der Waals surface area contributed by atoms with E-state index in [-0.39, 0.29) is 5.82 Å². The second kappa shape index (κ2) is 6.96. The van der Waals surface area contributed by atoms with Crippen LogP contribution in [0.4, 0.5) is 4.39 Å². The van der Waals surface area contributed by atoms with E-state index in [9.17, 15) is 4.39 Å². The van der Waals surface area contributed by atoms with Crippen molar-refractivity contribution in [3.05, 3.63) is 90.0 Å². The molecule has 0 spiro atoms. The molecule has 2 nitrogen and oxygen atoms in total. The Bertz CT molecular complexity index is 726. The topological polar surface area (TPSA) is 22.1 Å². The first-order valence-electron chi connectivity index (χ1n) is 7.13. The summed E-state index contributed by atoms with van der Waals surface area (Å²) < 4.78 is 19.4. The molecule has 0 bridgehead atoms. The summed E-state index contributed by atoms with van der Waals surface area (Å²) in [6.45, 7) is 1.05. The van der Waals surface area contributed by atoms with Crippen molar-refractivity contribution in [2.24, 2.45) is 0 Å². The molecule has 2 aromatic carbocycles. The van der Waals surface area contributed by atoms with Crippen LogP contribution in [0.3, 0.4) is 0 Å². The van der Waals surface area contributed by atoms with Crippen LogP contribution in [0.15, 0.2) is 73.1 Å². The van der Waals surface area contributed by atoms with Gasteiger partial charge in [0, 0.05) is 18.0 Å². The molecule has 0 unspecified atom stereocenters. The summed E-state index contributed by atoms with van der Waals surface area (Å²) in [6, 6.07) is 18.4. The van der Waals surface area contributed by atoms with Crippen molar-refractivity contribution >= 4 is 0 Å². The third kappa shape index (κ3) is 3.57. The van der Waals surface area contributed by atoms with Crippen LogP contribution in [-0.2, 0) is 18.0 Å². The Labute approximate surface area is 129 Å². The fourth-order valence-corrected chi connectivity index (χ4v) is 2.25. The zero-order valence-electron chi connectivity index (χ0n) is 12.1. The second-order valence-corrected chi connectivity index (χ2v) is 5.03. The van der Waals surface area contributed by atoms with Gasteiger partial charge in [0.25, 0.3) is 0 Å². The lowest BCUT2D eigenvalue weighted by molar-refractivity contribution is 0.107. The first kappa shape index (κ1) is 14.4. The number of aromatic nitrogens is 1. The third-order valence-electron chi connectivity index (χ3n) is 3.40. The highest BCUT2D eigenvalue weighted by Crippen LogP contribution is 2.22. The van der Waals surface area contributed by atoms with Crippen LogP contribution in [0, 0.1) is 5.82 Å². The standard InChI is InChI=1S/C19H16FNO/c20-19-6-2-1-5-18(19)17-9-7-15(8-10-17)13-22-14-16-4-3-11-21-12-16/h1-12H,13-14H2. The number of nitrogens with zero attached hydrogens (tertiary/aromatic N) is 1. The summed E-state index contributed by atoms with van der Waals surface area (Å²) in [5, 5.41) is 0. The predicted octanol–water partition coefficient (Wildman–Crippen LogP) is 4.60. The average molecular weight is 293 g/mol. The van der Waals surface area contributed by atoms with Crippen molar-refractivity contribution in [2.45, 2.75) is 13.2 Å². The Morgan fingerprint density at radius 2 is 1.59 bits per heavy atom. The smallest absolute Gasteiger partial charge is 0.131 e. The average Bonchev–Trinajstić information content (AvgIpc) is 2.57. The van der Waals surface area contributed by atoms with Crippen molar-refractivity contribution in [1.29, 1.82) is 0 Å². The second-order valence-electron chi connectivity index (χ2n) is 5.03. The van der Waals surface area contributed by atoms with E-state index in [4.69, 9.17) is 4.74 Å². The van der Waals surface area contributed by atoms with Gasteiger partial charge in [0.15, 0.2) is 0 Å². The van der Waals surface area contributed by atoms with Crippen LogP contribution >= 0.6 is 0 Å². The van der Waals surface area contributed by atoms with Gasteiger partial charge in [-0.2, -0.15) is 0 Å². The van der Waals surface area contributed by atoms with Crippen molar-refractivity contribution in [3.63, 3.8) is 0 Å². The highest BCUT2D eigenvalue weighted by atomic mass is 19.1. The maximum absolute atomic E-state index is 13.7.